The molecule has 4 rings (SSSR count). The van der Waals surface area contributed by atoms with Crippen LogP contribution in [0.3, 0.4) is 0 Å². The van der Waals surface area contributed by atoms with Crippen molar-refractivity contribution in [1.82, 2.24) is 15.3 Å². The third kappa shape index (κ3) is 5.06. The van der Waals surface area contributed by atoms with Crippen LogP contribution in [0.4, 0.5) is 5.69 Å². The molecule has 0 spiro atoms. The monoisotopic (exact) mass is 400 g/mol. The highest BCUT2D eigenvalue weighted by Crippen LogP contribution is 2.26. The summed E-state index contributed by atoms with van der Waals surface area (Å²) in [5.74, 6) is -0.0910. The summed E-state index contributed by atoms with van der Waals surface area (Å²) >= 11 is 1.64. The predicted molar refractivity (Wildman–Crippen MR) is 117 cm³/mol. The van der Waals surface area contributed by atoms with Gasteiger partial charge in [-0.2, -0.15) is 0 Å². The van der Waals surface area contributed by atoms with Crippen LogP contribution in [0.15, 0.2) is 85.3 Å². The number of nitrogens with one attached hydrogen (secondary N) is 2. The summed E-state index contributed by atoms with van der Waals surface area (Å²) in [6, 6.07) is 21.3. The molecule has 4 aromatic rings. The van der Waals surface area contributed by atoms with Gasteiger partial charge in [-0.25, -0.2) is 4.98 Å². The number of hydrogen-bond donors (Lipinski definition) is 2. The van der Waals surface area contributed by atoms with E-state index in [0.29, 0.717) is 18.7 Å². The Morgan fingerprint density at radius 1 is 0.931 bits per heavy atom. The van der Waals surface area contributed by atoms with Gasteiger partial charge in [0.1, 0.15) is 5.01 Å². The average molecular weight is 401 g/mol. The van der Waals surface area contributed by atoms with Crippen LogP contribution in [0.1, 0.15) is 20.9 Å². The van der Waals surface area contributed by atoms with Gasteiger partial charge in [0.25, 0.3) is 5.91 Å². The molecule has 0 fully saturated rings. The Hall–Kier alpha value is -3.51. The molecule has 0 aliphatic rings. The molecule has 0 radical (unpaired) electrons. The predicted octanol–water partition coefficient (Wildman–Crippen LogP) is 4.75. The Labute approximate surface area is 173 Å². The van der Waals surface area contributed by atoms with Gasteiger partial charge in [-0.3, -0.25) is 9.78 Å². The standard InChI is InChI=1S/C23H20N4OS/c28-23(27-14-17-5-2-1-3-6-17)19-7-4-8-20(13-19)25-16-22-26-15-21(29-22)18-9-11-24-12-10-18/h1-13,15,25H,14,16H2,(H,27,28). The summed E-state index contributed by atoms with van der Waals surface area (Å²) in [7, 11) is 0. The Morgan fingerprint density at radius 2 is 1.76 bits per heavy atom. The molecule has 0 aliphatic heterocycles. The number of amides is 1. The van der Waals surface area contributed by atoms with Crippen LogP contribution in [0, 0.1) is 0 Å². The molecule has 6 heteroatoms. The molecule has 0 saturated carbocycles. The van der Waals surface area contributed by atoms with Gasteiger partial charge in [0, 0.05) is 36.4 Å². The number of pyridine rings is 1. The maximum absolute atomic E-state index is 12.5. The van der Waals surface area contributed by atoms with Gasteiger partial charge in [0.2, 0.25) is 0 Å². The topological polar surface area (TPSA) is 66.9 Å². The lowest BCUT2D eigenvalue weighted by Crippen LogP contribution is -2.22. The van der Waals surface area contributed by atoms with E-state index in [4.69, 9.17) is 0 Å². The molecule has 5 nitrogen and oxygen atoms in total. The first kappa shape index (κ1) is 18.8. The molecule has 144 valence electrons. The molecule has 2 N–H and O–H groups in total. The first-order chi connectivity index (χ1) is 14.3. The normalized spacial score (nSPS) is 10.5. The molecular formula is C23H20N4OS. The van der Waals surface area contributed by atoms with E-state index in [-0.39, 0.29) is 5.91 Å². The number of thiazole rings is 1. The van der Waals surface area contributed by atoms with Crippen LogP contribution in [-0.4, -0.2) is 15.9 Å². The van der Waals surface area contributed by atoms with Crippen LogP contribution in [-0.2, 0) is 13.1 Å². The zero-order valence-electron chi connectivity index (χ0n) is 15.7. The number of anilines is 1. The Balaban J connectivity index is 1.35. The first-order valence-corrected chi connectivity index (χ1v) is 10.1. The summed E-state index contributed by atoms with van der Waals surface area (Å²) in [5, 5.41) is 7.29. The maximum Gasteiger partial charge on any atom is 0.251 e. The fraction of sp³-hybridized carbons (Fsp3) is 0.0870. The minimum absolute atomic E-state index is 0.0910. The second-order valence-electron chi connectivity index (χ2n) is 6.46. The van der Waals surface area contributed by atoms with Gasteiger partial charge >= 0.3 is 0 Å². The number of rotatable bonds is 7. The number of carbonyl (C=O) groups is 1. The molecule has 2 aromatic heterocycles. The van der Waals surface area contributed by atoms with Crippen LogP contribution in [0.25, 0.3) is 10.4 Å². The molecular weight excluding hydrogens is 380 g/mol. The minimum atomic E-state index is -0.0910. The average Bonchev–Trinajstić information content (AvgIpc) is 3.27. The Bertz CT molecular complexity index is 1080. The number of carbonyl (C=O) groups excluding carboxylic acids is 1. The summed E-state index contributed by atoms with van der Waals surface area (Å²) in [5.41, 5.74) is 3.70. The minimum Gasteiger partial charge on any atom is -0.379 e. The lowest BCUT2D eigenvalue weighted by molar-refractivity contribution is 0.0951. The molecule has 0 atom stereocenters. The van der Waals surface area contributed by atoms with E-state index in [9.17, 15) is 4.79 Å². The van der Waals surface area contributed by atoms with Gasteiger partial charge in [0.05, 0.1) is 11.4 Å². The van der Waals surface area contributed by atoms with Crippen LogP contribution < -0.4 is 10.6 Å². The van der Waals surface area contributed by atoms with Gasteiger partial charge in [-0.1, -0.05) is 36.4 Å². The van der Waals surface area contributed by atoms with Gasteiger partial charge < -0.3 is 10.6 Å². The van der Waals surface area contributed by atoms with E-state index in [1.54, 1.807) is 23.7 Å². The lowest BCUT2D eigenvalue weighted by Gasteiger charge is -2.08. The van der Waals surface area contributed by atoms with Crippen LogP contribution >= 0.6 is 11.3 Å². The number of hydrogen-bond acceptors (Lipinski definition) is 5. The second kappa shape index (κ2) is 9.12. The third-order valence-corrected chi connectivity index (χ3v) is 5.43. The van der Waals surface area contributed by atoms with Crippen molar-refractivity contribution in [3.63, 3.8) is 0 Å². The fourth-order valence-corrected chi connectivity index (χ4v) is 3.73. The Morgan fingerprint density at radius 3 is 2.59 bits per heavy atom. The lowest BCUT2D eigenvalue weighted by atomic mass is 10.1. The molecule has 29 heavy (non-hydrogen) atoms. The molecule has 0 unspecified atom stereocenters. The summed E-state index contributed by atoms with van der Waals surface area (Å²) < 4.78 is 0. The van der Waals surface area contributed by atoms with E-state index in [0.717, 1.165) is 26.7 Å². The smallest absolute Gasteiger partial charge is 0.251 e. The largest absolute Gasteiger partial charge is 0.379 e. The zero-order chi connectivity index (χ0) is 19.9. The van der Waals surface area contributed by atoms with Gasteiger partial charge in [-0.05, 0) is 41.5 Å². The third-order valence-electron chi connectivity index (χ3n) is 4.38. The van der Waals surface area contributed by atoms with Crippen molar-refractivity contribution in [3.05, 3.63) is 101 Å². The quantitative estimate of drug-likeness (QED) is 0.470. The molecule has 2 aromatic carbocycles. The summed E-state index contributed by atoms with van der Waals surface area (Å²) in [6.45, 7) is 1.11. The van der Waals surface area contributed by atoms with Crippen LogP contribution in [0.5, 0.6) is 0 Å². The molecule has 1 amide bonds. The van der Waals surface area contributed by atoms with Crippen molar-refractivity contribution < 1.29 is 4.79 Å². The van der Waals surface area contributed by atoms with E-state index >= 15 is 0 Å². The SMILES string of the molecule is O=C(NCc1ccccc1)c1cccc(NCc2ncc(-c3ccncc3)s2)c1. The number of aromatic nitrogens is 2. The van der Waals surface area contributed by atoms with Crippen molar-refractivity contribution in [2.24, 2.45) is 0 Å². The van der Waals surface area contributed by atoms with Gasteiger partial charge in [0.15, 0.2) is 0 Å². The van der Waals surface area contributed by atoms with Crippen molar-refractivity contribution in [2.75, 3.05) is 5.32 Å². The summed E-state index contributed by atoms with van der Waals surface area (Å²) in [6.07, 6.45) is 5.44. The van der Waals surface area contributed by atoms with Gasteiger partial charge in [-0.15, -0.1) is 11.3 Å². The summed E-state index contributed by atoms with van der Waals surface area (Å²) in [4.78, 5) is 22.1. The number of nitrogens with zero attached hydrogens (tertiary/aromatic N) is 2. The first-order valence-electron chi connectivity index (χ1n) is 9.29. The molecule has 0 saturated heterocycles. The number of benzene rings is 2. The van der Waals surface area contributed by atoms with Crippen molar-refractivity contribution in [3.8, 4) is 10.4 Å². The van der Waals surface area contributed by atoms with E-state index < -0.39 is 0 Å². The Kier molecular flexibility index (Phi) is 5.92. The maximum atomic E-state index is 12.5. The van der Waals surface area contributed by atoms with Crippen LogP contribution in [0.2, 0.25) is 0 Å². The van der Waals surface area contributed by atoms with E-state index in [2.05, 4.69) is 20.6 Å². The molecule has 2 heterocycles. The molecule has 0 aliphatic carbocycles. The molecule has 0 bridgehead atoms. The fourth-order valence-electron chi connectivity index (χ4n) is 2.87. The second-order valence-corrected chi connectivity index (χ2v) is 7.57. The highest BCUT2D eigenvalue weighted by Gasteiger charge is 2.08. The zero-order valence-corrected chi connectivity index (χ0v) is 16.5. The highest BCUT2D eigenvalue weighted by molar-refractivity contribution is 7.15. The van der Waals surface area contributed by atoms with E-state index in [1.807, 2.05) is 72.9 Å². The highest BCUT2D eigenvalue weighted by atomic mass is 32.1. The van der Waals surface area contributed by atoms with E-state index in [1.165, 1.54) is 0 Å². The van der Waals surface area contributed by atoms with Crippen molar-refractivity contribution >= 4 is 22.9 Å². The van der Waals surface area contributed by atoms with Crippen molar-refractivity contribution in [2.45, 2.75) is 13.1 Å². The van der Waals surface area contributed by atoms with Crippen molar-refractivity contribution in [1.29, 1.82) is 0 Å².